The van der Waals surface area contributed by atoms with E-state index in [1.165, 1.54) is 11.9 Å². The van der Waals surface area contributed by atoms with Crippen molar-refractivity contribution in [2.75, 3.05) is 19.3 Å². The molecule has 1 aromatic heterocycles. The first-order valence-electron chi connectivity index (χ1n) is 7.99. The lowest BCUT2D eigenvalue weighted by Crippen LogP contribution is -2.36. The van der Waals surface area contributed by atoms with E-state index < -0.39 is 15.9 Å². The van der Waals surface area contributed by atoms with Gasteiger partial charge in [-0.1, -0.05) is 12.1 Å². The first-order chi connectivity index (χ1) is 11.3. The summed E-state index contributed by atoms with van der Waals surface area (Å²) in [5.74, 6) is 1.04. The fraction of sp³-hybridized carbons (Fsp3) is 0.471. The Morgan fingerprint density at radius 2 is 1.88 bits per heavy atom. The van der Waals surface area contributed by atoms with Gasteiger partial charge in [-0.15, -0.1) is 0 Å². The summed E-state index contributed by atoms with van der Waals surface area (Å²) < 4.78 is 25.2. The van der Waals surface area contributed by atoms with E-state index in [2.05, 4.69) is 21.4 Å². The van der Waals surface area contributed by atoms with Gasteiger partial charge in [0.15, 0.2) is 9.84 Å². The zero-order chi connectivity index (χ0) is 17.5. The topological polar surface area (TPSA) is 75.4 Å². The van der Waals surface area contributed by atoms with Crippen molar-refractivity contribution >= 4 is 9.84 Å². The van der Waals surface area contributed by atoms with Gasteiger partial charge in [0, 0.05) is 31.6 Å². The quantitative estimate of drug-likeness (QED) is 0.904. The Hall–Kier alpha value is -1.70. The molecule has 2 aromatic rings. The number of aromatic nitrogens is 2. The highest BCUT2D eigenvalue weighted by molar-refractivity contribution is 7.90. The van der Waals surface area contributed by atoms with Gasteiger partial charge < -0.3 is 9.67 Å². The number of hydrogen-bond acceptors (Lipinski definition) is 5. The highest BCUT2D eigenvalue weighted by atomic mass is 32.2. The molecule has 0 saturated heterocycles. The second-order valence-electron chi connectivity index (χ2n) is 6.44. The Bertz CT molecular complexity index is 841. The average molecular weight is 349 g/mol. The molecule has 7 heteroatoms. The normalized spacial score (nSPS) is 16.8. The number of sulfone groups is 1. The van der Waals surface area contributed by atoms with Crippen LogP contribution in [0.2, 0.25) is 0 Å². The fourth-order valence-corrected chi connectivity index (χ4v) is 3.74. The minimum Gasteiger partial charge on any atom is -0.387 e. The van der Waals surface area contributed by atoms with Crippen molar-refractivity contribution < 1.29 is 13.5 Å². The van der Waals surface area contributed by atoms with E-state index >= 15 is 0 Å². The highest BCUT2D eigenvalue weighted by Gasteiger charge is 2.22. The zero-order valence-electron chi connectivity index (χ0n) is 14.2. The third-order valence-electron chi connectivity index (χ3n) is 4.67. The molecular formula is C17H23N3O3S. The number of aliphatic hydroxyl groups excluding tert-OH is 1. The van der Waals surface area contributed by atoms with E-state index in [9.17, 15) is 13.5 Å². The molecule has 130 valence electrons. The monoisotopic (exact) mass is 349 g/mol. The van der Waals surface area contributed by atoms with Crippen LogP contribution < -0.4 is 0 Å². The molecule has 1 aromatic carbocycles. The van der Waals surface area contributed by atoms with Crippen LogP contribution in [0.25, 0.3) is 0 Å². The number of aryl methyl sites for hydroxylation is 1. The van der Waals surface area contributed by atoms with Gasteiger partial charge in [0.1, 0.15) is 5.82 Å². The maximum absolute atomic E-state index is 11.5. The molecule has 0 unspecified atom stereocenters. The van der Waals surface area contributed by atoms with Crippen molar-refractivity contribution in [3.05, 3.63) is 47.0 Å². The summed E-state index contributed by atoms with van der Waals surface area (Å²) >= 11 is 0. The summed E-state index contributed by atoms with van der Waals surface area (Å²) in [6, 6.07) is 6.45. The van der Waals surface area contributed by atoms with Crippen molar-refractivity contribution in [1.29, 1.82) is 0 Å². The molecule has 0 saturated carbocycles. The highest BCUT2D eigenvalue weighted by Crippen LogP contribution is 2.21. The van der Waals surface area contributed by atoms with E-state index in [0.717, 1.165) is 30.2 Å². The summed E-state index contributed by atoms with van der Waals surface area (Å²) in [6.45, 7) is 7.06. The van der Waals surface area contributed by atoms with E-state index in [1.54, 1.807) is 24.3 Å². The molecule has 0 amide bonds. The van der Waals surface area contributed by atoms with E-state index in [4.69, 9.17) is 0 Å². The Kier molecular flexibility index (Phi) is 4.50. The van der Waals surface area contributed by atoms with E-state index in [0.29, 0.717) is 13.1 Å². The molecule has 0 fully saturated rings. The maximum Gasteiger partial charge on any atom is 0.175 e. The van der Waals surface area contributed by atoms with Crippen molar-refractivity contribution in [3.63, 3.8) is 0 Å². The molecule has 0 bridgehead atoms. The van der Waals surface area contributed by atoms with Crippen LogP contribution in [0.5, 0.6) is 0 Å². The number of rotatable bonds is 4. The molecule has 2 heterocycles. The maximum atomic E-state index is 11.5. The van der Waals surface area contributed by atoms with Crippen molar-refractivity contribution in [1.82, 2.24) is 14.5 Å². The van der Waals surface area contributed by atoms with Crippen LogP contribution in [-0.2, 0) is 22.9 Å². The standard InChI is InChI=1S/C17H23N3O3S/c1-12-13(2)20-9-8-19(11-17(20)18-12)10-16(21)14-4-6-15(7-5-14)24(3,22)23/h4-7,16,21H,8-11H2,1-3H3/t16-/m0/s1. The smallest absolute Gasteiger partial charge is 0.175 e. The van der Waals surface area contributed by atoms with Crippen LogP contribution in [0.1, 0.15) is 28.9 Å². The van der Waals surface area contributed by atoms with Crippen molar-refractivity contribution in [3.8, 4) is 0 Å². The number of aliphatic hydroxyl groups is 1. The van der Waals surface area contributed by atoms with Gasteiger partial charge in [0.25, 0.3) is 0 Å². The molecule has 1 aliphatic rings. The van der Waals surface area contributed by atoms with Gasteiger partial charge in [-0.3, -0.25) is 4.90 Å². The van der Waals surface area contributed by atoms with Crippen LogP contribution in [0.15, 0.2) is 29.2 Å². The number of nitrogens with zero attached hydrogens (tertiary/aromatic N) is 3. The lowest BCUT2D eigenvalue weighted by atomic mass is 10.1. The van der Waals surface area contributed by atoms with Gasteiger partial charge in [0.2, 0.25) is 0 Å². The minimum atomic E-state index is -3.21. The van der Waals surface area contributed by atoms with E-state index in [-0.39, 0.29) is 4.90 Å². The van der Waals surface area contributed by atoms with Gasteiger partial charge in [-0.25, -0.2) is 13.4 Å². The average Bonchev–Trinajstić information content (AvgIpc) is 2.81. The molecule has 1 atom stereocenters. The summed E-state index contributed by atoms with van der Waals surface area (Å²) in [6.07, 6.45) is 0.528. The largest absolute Gasteiger partial charge is 0.387 e. The molecule has 3 rings (SSSR count). The summed E-state index contributed by atoms with van der Waals surface area (Å²) in [5.41, 5.74) is 2.99. The number of β-amino-alcohol motifs (C(OH)–C–C–N with tert-alkyl or cyclic N) is 1. The third kappa shape index (κ3) is 3.38. The van der Waals surface area contributed by atoms with Crippen molar-refractivity contribution in [2.24, 2.45) is 0 Å². The molecule has 0 radical (unpaired) electrons. The molecule has 1 aliphatic heterocycles. The SMILES string of the molecule is Cc1nc2n(c1C)CCN(C[C@H](O)c1ccc(S(C)(=O)=O)cc1)C2. The number of benzene rings is 1. The molecule has 0 aliphatic carbocycles. The lowest BCUT2D eigenvalue weighted by Gasteiger charge is -2.30. The Labute approximate surface area is 142 Å². The molecule has 6 nitrogen and oxygen atoms in total. The first kappa shape index (κ1) is 17.1. The second kappa shape index (κ2) is 6.31. The van der Waals surface area contributed by atoms with Crippen LogP contribution in [0, 0.1) is 13.8 Å². The lowest BCUT2D eigenvalue weighted by molar-refractivity contribution is 0.0960. The Balaban J connectivity index is 1.68. The van der Waals surface area contributed by atoms with Crippen LogP contribution in [0.3, 0.4) is 0 Å². The Morgan fingerprint density at radius 1 is 1.21 bits per heavy atom. The summed E-state index contributed by atoms with van der Waals surface area (Å²) in [5, 5.41) is 10.5. The predicted octanol–water partition coefficient (Wildman–Crippen LogP) is 1.45. The van der Waals surface area contributed by atoms with Crippen LogP contribution in [-0.4, -0.2) is 47.3 Å². The van der Waals surface area contributed by atoms with Gasteiger partial charge in [-0.2, -0.15) is 0 Å². The molecule has 24 heavy (non-hydrogen) atoms. The van der Waals surface area contributed by atoms with Crippen molar-refractivity contribution in [2.45, 2.75) is 37.9 Å². The van der Waals surface area contributed by atoms with Crippen LogP contribution >= 0.6 is 0 Å². The zero-order valence-corrected chi connectivity index (χ0v) is 15.0. The molecule has 1 N–H and O–H groups in total. The van der Waals surface area contributed by atoms with E-state index in [1.807, 2.05) is 6.92 Å². The number of imidazole rings is 1. The number of fused-ring (bicyclic) bond motifs is 1. The second-order valence-corrected chi connectivity index (χ2v) is 8.46. The van der Waals surface area contributed by atoms with Gasteiger partial charge >= 0.3 is 0 Å². The Morgan fingerprint density at radius 3 is 2.50 bits per heavy atom. The molecule has 0 spiro atoms. The fourth-order valence-electron chi connectivity index (χ4n) is 3.10. The minimum absolute atomic E-state index is 0.268. The molecular weight excluding hydrogens is 326 g/mol. The first-order valence-corrected chi connectivity index (χ1v) is 9.88. The predicted molar refractivity (Wildman–Crippen MR) is 91.5 cm³/mol. The number of hydrogen-bond donors (Lipinski definition) is 1. The summed E-state index contributed by atoms with van der Waals surface area (Å²) in [4.78, 5) is 7.04. The van der Waals surface area contributed by atoms with Crippen LogP contribution in [0.4, 0.5) is 0 Å². The van der Waals surface area contributed by atoms with Gasteiger partial charge in [0.05, 0.1) is 23.2 Å². The summed E-state index contributed by atoms with van der Waals surface area (Å²) in [7, 11) is -3.21. The van der Waals surface area contributed by atoms with Gasteiger partial charge in [-0.05, 0) is 31.5 Å². The third-order valence-corrected chi connectivity index (χ3v) is 5.79.